The lowest BCUT2D eigenvalue weighted by Gasteiger charge is -2.11. The average molecular weight is 254 g/mol. The summed E-state index contributed by atoms with van der Waals surface area (Å²) in [4.78, 5) is 19.5. The highest BCUT2D eigenvalue weighted by atomic mass is 32.2. The van der Waals surface area contributed by atoms with Crippen LogP contribution in [-0.2, 0) is 4.74 Å². The van der Waals surface area contributed by atoms with Gasteiger partial charge >= 0.3 is 5.97 Å². The fourth-order valence-electron chi connectivity index (χ4n) is 1.78. The molecule has 1 aromatic rings. The summed E-state index contributed by atoms with van der Waals surface area (Å²) in [6.45, 7) is 4.87. The summed E-state index contributed by atoms with van der Waals surface area (Å²) in [6, 6.07) is 0. The number of carboxylic acids is 1. The van der Waals surface area contributed by atoms with E-state index in [4.69, 9.17) is 4.74 Å². The van der Waals surface area contributed by atoms with E-state index in [-0.39, 0.29) is 5.56 Å². The SMILES string of the molecule is Cc1nc(C)c(C(=O)O)c(SC2CCOC2)n1. The van der Waals surface area contributed by atoms with Crippen molar-refractivity contribution in [2.75, 3.05) is 13.2 Å². The van der Waals surface area contributed by atoms with E-state index in [9.17, 15) is 9.90 Å². The summed E-state index contributed by atoms with van der Waals surface area (Å²) in [5, 5.41) is 10.0. The van der Waals surface area contributed by atoms with Crippen molar-refractivity contribution in [3.63, 3.8) is 0 Å². The van der Waals surface area contributed by atoms with Crippen LogP contribution in [0.1, 0.15) is 28.3 Å². The zero-order chi connectivity index (χ0) is 12.4. The Kier molecular flexibility index (Phi) is 3.63. The highest BCUT2D eigenvalue weighted by Crippen LogP contribution is 2.30. The van der Waals surface area contributed by atoms with Gasteiger partial charge in [-0.2, -0.15) is 0 Å². The Morgan fingerprint density at radius 2 is 2.24 bits per heavy atom. The highest BCUT2D eigenvalue weighted by molar-refractivity contribution is 8.00. The Morgan fingerprint density at radius 1 is 1.47 bits per heavy atom. The van der Waals surface area contributed by atoms with Crippen molar-refractivity contribution in [2.24, 2.45) is 0 Å². The molecule has 1 aliphatic rings. The average Bonchev–Trinajstić information content (AvgIpc) is 2.68. The van der Waals surface area contributed by atoms with E-state index >= 15 is 0 Å². The third-order valence-electron chi connectivity index (χ3n) is 2.55. The van der Waals surface area contributed by atoms with E-state index in [0.29, 0.717) is 28.4 Å². The number of hydrogen-bond donors (Lipinski definition) is 1. The molecule has 1 atom stereocenters. The predicted octanol–water partition coefficient (Wildman–Crippen LogP) is 1.67. The zero-order valence-corrected chi connectivity index (χ0v) is 10.6. The summed E-state index contributed by atoms with van der Waals surface area (Å²) in [5.41, 5.74) is 0.735. The second kappa shape index (κ2) is 5.01. The molecule has 1 unspecified atom stereocenters. The lowest BCUT2D eigenvalue weighted by molar-refractivity contribution is 0.0690. The molecule has 1 saturated heterocycles. The number of ether oxygens (including phenoxy) is 1. The number of rotatable bonds is 3. The molecule has 0 aliphatic carbocycles. The van der Waals surface area contributed by atoms with Gasteiger partial charge in [0.25, 0.3) is 0 Å². The summed E-state index contributed by atoms with van der Waals surface area (Å²) in [7, 11) is 0. The minimum atomic E-state index is -0.969. The monoisotopic (exact) mass is 254 g/mol. The number of carbonyl (C=O) groups is 1. The van der Waals surface area contributed by atoms with E-state index < -0.39 is 5.97 Å². The van der Waals surface area contributed by atoms with Crippen LogP contribution in [0.15, 0.2) is 5.03 Å². The van der Waals surface area contributed by atoms with Crippen molar-refractivity contribution in [3.8, 4) is 0 Å². The minimum Gasteiger partial charge on any atom is -0.478 e. The molecule has 17 heavy (non-hydrogen) atoms. The van der Waals surface area contributed by atoms with E-state index in [1.807, 2.05) is 0 Å². The van der Waals surface area contributed by atoms with Gasteiger partial charge in [-0.15, -0.1) is 0 Å². The van der Waals surface area contributed by atoms with Crippen molar-refractivity contribution in [1.82, 2.24) is 9.97 Å². The molecule has 0 bridgehead atoms. The van der Waals surface area contributed by atoms with Crippen LogP contribution in [-0.4, -0.2) is 39.5 Å². The van der Waals surface area contributed by atoms with Gasteiger partial charge in [-0.25, -0.2) is 14.8 Å². The quantitative estimate of drug-likeness (QED) is 0.827. The molecular weight excluding hydrogens is 240 g/mol. The number of carboxylic acid groups (broad SMARTS) is 1. The Bertz CT molecular complexity index is 445. The fraction of sp³-hybridized carbons (Fsp3) is 0.545. The van der Waals surface area contributed by atoms with Gasteiger partial charge < -0.3 is 9.84 Å². The van der Waals surface area contributed by atoms with Gasteiger partial charge in [0.15, 0.2) is 0 Å². The molecule has 0 spiro atoms. The smallest absolute Gasteiger partial charge is 0.340 e. The summed E-state index contributed by atoms with van der Waals surface area (Å²) >= 11 is 1.48. The number of aromatic nitrogens is 2. The summed E-state index contributed by atoms with van der Waals surface area (Å²) < 4.78 is 5.28. The van der Waals surface area contributed by atoms with Crippen molar-refractivity contribution >= 4 is 17.7 Å². The maximum Gasteiger partial charge on any atom is 0.340 e. The first-order valence-electron chi connectivity index (χ1n) is 5.41. The third-order valence-corrected chi connectivity index (χ3v) is 3.77. The van der Waals surface area contributed by atoms with E-state index in [1.54, 1.807) is 13.8 Å². The lowest BCUT2D eigenvalue weighted by Crippen LogP contribution is -2.10. The highest BCUT2D eigenvalue weighted by Gasteiger charge is 2.23. The fourth-order valence-corrected chi connectivity index (χ4v) is 3.01. The Hall–Kier alpha value is -1.14. The summed E-state index contributed by atoms with van der Waals surface area (Å²) in [5.74, 6) is -0.363. The largest absolute Gasteiger partial charge is 0.478 e. The van der Waals surface area contributed by atoms with Gasteiger partial charge in [0.05, 0.1) is 12.3 Å². The van der Waals surface area contributed by atoms with Crippen molar-refractivity contribution < 1.29 is 14.6 Å². The molecule has 0 aromatic carbocycles. The molecule has 1 aromatic heterocycles. The first-order chi connectivity index (χ1) is 8.08. The minimum absolute atomic E-state index is 0.215. The van der Waals surface area contributed by atoms with Crippen molar-refractivity contribution in [2.45, 2.75) is 30.5 Å². The van der Waals surface area contributed by atoms with Gasteiger partial charge in [0.1, 0.15) is 16.4 Å². The number of hydrogen-bond acceptors (Lipinski definition) is 5. The van der Waals surface area contributed by atoms with Crippen LogP contribution in [0, 0.1) is 13.8 Å². The standard InChI is InChI=1S/C11H14N2O3S/c1-6-9(11(14)15)10(13-7(2)12-6)17-8-3-4-16-5-8/h8H,3-5H2,1-2H3,(H,14,15). The van der Waals surface area contributed by atoms with Gasteiger partial charge in [-0.1, -0.05) is 11.8 Å². The van der Waals surface area contributed by atoms with Crippen molar-refractivity contribution in [3.05, 3.63) is 17.1 Å². The van der Waals surface area contributed by atoms with Crippen LogP contribution in [0.3, 0.4) is 0 Å². The molecule has 2 rings (SSSR count). The van der Waals surface area contributed by atoms with Crippen LogP contribution in [0.4, 0.5) is 0 Å². The van der Waals surface area contributed by atoms with E-state index in [2.05, 4.69) is 9.97 Å². The van der Waals surface area contributed by atoms with Crippen molar-refractivity contribution in [1.29, 1.82) is 0 Å². The third kappa shape index (κ3) is 2.76. The number of aryl methyl sites for hydroxylation is 2. The number of nitrogens with zero attached hydrogens (tertiary/aromatic N) is 2. The topological polar surface area (TPSA) is 72.3 Å². The summed E-state index contributed by atoms with van der Waals surface area (Å²) in [6.07, 6.45) is 0.936. The molecule has 92 valence electrons. The van der Waals surface area contributed by atoms with E-state index in [1.165, 1.54) is 11.8 Å². The molecule has 0 radical (unpaired) electrons. The van der Waals surface area contributed by atoms with Gasteiger partial charge in [0, 0.05) is 11.9 Å². The first kappa shape index (κ1) is 12.3. The molecule has 0 saturated carbocycles. The molecule has 2 heterocycles. The lowest BCUT2D eigenvalue weighted by atomic mass is 10.2. The Labute approximate surface area is 104 Å². The predicted molar refractivity (Wildman–Crippen MR) is 63.5 cm³/mol. The second-order valence-electron chi connectivity index (χ2n) is 3.94. The molecular formula is C11H14N2O3S. The van der Waals surface area contributed by atoms with Gasteiger partial charge in [-0.3, -0.25) is 0 Å². The maximum atomic E-state index is 11.2. The second-order valence-corrected chi connectivity index (χ2v) is 5.23. The molecule has 5 nitrogen and oxygen atoms in total. The number of aromatic carboxylic acids is 1. The molecule has 1 fully saturated rings. The normalized spacial score (nSPS) is 19.5. The van der Waals surface area contributed by atoms with Crippen LogP contribution in [0.25, 0.3) is 0 Å². The first-order valence-corrected chi connectivity index (χ1v) is 6.29. The van der Waals surface area contributed by atoms with Crippen LogP contribution in [0.2, 0.25) is 0 Å². The Balaban J connectivity index is 2.32. The maximum absolute atomic E-state index is 11.2. The van der Waals surface area contributed by atoms with Crippen LogP contribution < -0.4 is 0 Å². The van der Waals surface area contributed by atoms with Gasteiger partial charge in [-0.05, 0) is 20.3 Å². The molecule has 1 N–H and O–H groups in total. The van der Waals surface area contributed by atoms with Gasteiger partial charge in [0.2, 0.25) is 0 Å². The van der Waals surface area contributed by atoms with Crippen LogP contribution >= 0.6 is 11.8 Å². The van der Waals surface area contributed by atoms with Crippen LogP contribution in [0.5, 0.6) is 0 Å². The number of thioether (sulfide) groups is 1. The Morgan fingerprint density at radius 3 is 2.82 bits per heavy atom. The molecule has 1 aliphatic heterocycles. The van der Waals surface area contributed by atoms with E-state index in [0.717, 1.165) is 13.0 Å². The zero-order valence-electron chi connectivity index (χ0n) is 9.77. The molecule has 6 heteroatoms. The molecule has 0 amide bonds.